The number of fused-ring (bicyclic) bond motifs is 1. The molecule has 39 heavy (non-hydrogen) atoms. The molecule has 0 radical (unpaired) electrons. The summed E-state index contributed by atoms with van der Waals surface area (Å²) >= 11 is 0. The van der Waals surface area contributed by atoms with Gasteiger partial charge < -0.3 is 9.80 Å². The Bertz CT molecular complexity index is 1400. The van der Waals surface area contributed by atoms with Crippen molar-refractivity contribution in [3.05, 3.63) is 76.7 Å². The fraction of sp³-hybridized carbons (Fsp3) is 0.393. The predicted molar refractivity (Wildman–Crippen MR) is 137 cm³/mol. The van der Waals surface area contributed by atoms with Crippen LogP contribution in [-0.2, 0) is 19.3 Å². The van der Waals surface area contributed by atoms with E-state index >= 15 is 0 Å². The lowest BCUT2D eigenvalue weighted by atomic mass is 10.00. The molecule has 5 rings (SSSR count). The Morgan fingerprint density at radius 2 is 1.85 bits per heavy atom. The number of halogens is 4. The van der Waals surface area contributed by atoms with Gasteiger partial charge in [0.2, 0.25) is 0 Å². The van der Waals surface area contributed by atoms with Crippen LogP contribution in [0.5, 0.6) is 0 Å². The van der Waals surface area contributed by atoms with E-state index in [9.17, 15) is 27.6 Å². The number of piperidine rings is 1. The largest absolute Gasteiger partial charge is 0.416 e. The number of amides is 2. The first-order valence-corrected chi connectivity index (χ1v) is 12.8. The molecule has 0 spiro atoms. The lowest BCUT2D eigenvalue weighted by molar-refractivity contribution is -0.138. The molecule has 0 saturated carbocycles. The smallest absolute Gasteiger partial charge is 0.369 e. The van der Waals surface area contributed by atoms with Crippen LogP contribution in [0.1, 0.15) is 48.1 Å². The number of nitrogens with zero attached hydrogens (tertiary/aromatic N) is 6. The Morgan fingerprint density at radius 3 is 2.51 bits per heavy atom. The molecule has 3 aromatic rings. The van der Waals surface area contributed by atoms with Crippen LogP contribution in [0.4, 0.5) is 33.9 Å². The summed E-state index contributed by atoms with van der Waals surface area (Å²) in [4.78, 5) is 18.8. The average Bonchev–Trinajstić information content (AvgIpc) is 3.34. The van der Waals surface area contributed by atoms with Crippen LogP contribution in [-0.4, -0.2) is 39.8 Å². The number of anilines is 2. The van der Waals surface area contributed by atoms with Crippen molar-refractivity contribution in [2.24, 2.45) is 0 Å². The van der Waals surface area contributed by atoms with Crippen molar-refractivity contribution in [1.82, 2.24) is 14.7 Å². The van der Waals surface area contributed by atoms with Crippen molar-refractivity contribution >= 4 is 17.5 Å². The quantitative estimate of drug-likeness (QED) is 0.370. The maximum absolute atomic E-state index is 14.6. The monoisotopic (exact) mass is 540 g/mol. The van der Waals surface area contributed by atoms with Gasteiger partial charge in [-0.05, 0) is 49.9 Å². The van der Waals surface area contributed by atoms with Gasteiger partial charge in [0.15, 0.2) is 5.82 Å². The minimum absolute atomic E-state index is 0.0427. The van der Waals surface area contributed by atoms with Gasteiger partial charge in [0, 0.05) is 30.9 Å². The van der Waals surface area contributed by atoms with Gasteiger partial charge >= 0.3 is 12.2 Å². The Labute approximate surface area is 223 Å². The highest BCUT2D eigenvalue weighted by molar-refractivity contribution is 5.94. The summed E-state index contributed by atoms with van der Waals surface area (Å²) in [6.45, 7) is 4.49. The maximum Gasteiger partial charge on any atom is 0.416 e. The van der Waals surface area contributed by atoms with E-state index in [-0.39, 0.29) is 36.3 Å². The van der Waals surface area contributed by atoms with Crippen molar-refractivity contribution in [2.45, 2.75) is 58.0 Å². The minimum Gasteiger partial charge on any atom is -0.369 e. The molecule has 2 amide bonds. The zero-order valence-electron chi connectivity index (χ0n) is 21.6. The zero-order chi connectivity index (χ0) is 27.9. The van der Waals surface area contributed by atoms with Crippen LogP contribution < -0.4 is 9.80 Å². The van der Waals surface area contributed by atoms with Crippen molar-refractivity contribution in [2.75, 3.05) is 22.9 Å². The van der Waals surface area contributed by atoms with E-state index in [1.54, 1.807) is 24.1 Å². The molecule has 1 fully saturated rings. The third-order valence-electron chi connectivity index (χ3n) is 7.50. The Morgan fingerprint density at radius 1 is 1.13 bits per heavy atom. The fourth-order valence-corrected chi connectivity index (χ4v) is 5.47. The SMILES string of the molecule is Cc1cccc(F)c1N1CCC(N2Cc3cn(C(C)C#N)nc3N(Cc3ccccc3C(F)(F)F)C2=O)CC1. The fourth-order valence-electron chi connectivity index (χ4n) is 5.47. The molecule has 11 heteroatoms. The Balaban J connectivity index is 1.44. The highest BCUT2D eigenvalue weighted by atomic mass is 19.4. The second-order valence-corrected chi connectivity index (χ2v) is 10.0. The van der Waals surface area contributed by atoms with Crippen molar-refractivity contribution < 1.29 is 22.4 Å². The van der Waals surface area contributed by atoms with Gasteiger partial charge in [-0.15, -0.1) is 0 Å². The number of aromatic nitrogens is 2. The summed E-state index contributed by atoms with van der Waals surface area (Å²) < 4.78 is 57.3. The Kier molecular flexibility index (Phi) is 6.97. The van der Waals surface area contributed by atoms with Crippen molar-refractivity contribution in [1.29, 1.82) is 5.26 Å². The number of benzene rings is 2. The van der Waals surface area contributed by atoms with Gasteiger partial charge in [-0.25, -0.2) is 9.18 Å². The number of rotatable bonds is 5. The summed E-state index contributed by atoms with van der Waals surface area (Å²) in [7, 11) is 0. The van der Waals surface area contributed by atoms with Crippen molar-refractivity contribution in [3.8, 4) is 6.07 Å². The summed E-state index contributed by atoms with van der Waals surface area (Å²) in [5.74, 6) is -0.0320. The summed E-state index contributed by atoms with van der Waals surface area (Å²) in [5, 5.41) is 13.8. The zero-order valence-corrected chi connectivity index (χ0v) is 21.6. The van der Waals surface area contributed by atoms with E-state index in [1.807, 2.05) is 17.9 Å². The van der Waals surface area contributed by atoms with E-state index in [0.717, 1.165) is 11.6 Å². The second-order valence-electron chi connectivity index (χ2n) is 10.0. The highest BCUT2D eigenvalue weighted by Crippen LogP contribution is 2.37. The van der Waals surface area contributed by atoms with E-state index in [1.165, 1.54) is 33.8 Å². The van der Waals surface area contributed by atoms with Gasteiger partial charge in [-0.2, -0.15) is 23.5 Å². The first-order chi connectivity index (χ1) is 18.6. The molecule has 2 aromatic carbocycles. The number of urea groups is 1. The normalized spacial score (nSPS) is 17.3. The molecule has 3 heterocycles. The molecule has 2 aliphatic rings. The summed E-state index contributed by atoms with van der Waals surface area (Å²) in [6.07, 6.45) is -1.75. The first-order valence-electron chi connectivity index (χ1n) is 12.8. The summed E-state index contributed by atoms with van der Waals surface area (Å²) in [6, 6.07) is 11.0. The van der Waals surface area contributed by atoms with E-state index < -0.39 is 23.8 Å². The number of nitriles is 1. The standard InChI is InChI=1S/C28H28F4N6O/c1-18-6-5-9-24(29)25(18)35-12-10-22(11-13-35)36-16-21-17-38(19(2)14-33)34-26(21)37(27(36)39)15-20-7-3-4-8-23(20)28(30,31)32/h3-9,17,19,22H,10-13,15-16H2,1-2H3. The molecule has 1 aromatic heterocycles. The van der Waals surface area contributed by atoms with Crippen LogP contribution in [0.3, 0.4) is 0 Å². The highest BCUT2D eigenvalue weighted by Gasteiger charge is 2.40. The van der Waals surface area contributed by atoms with Gasteiger partial charge in [0.05, 0.1) is 30.4 Å². The van der Waals surface area contributed by atoms with Crippen LogP contribution >= 0.6 is 0 Å². The van der Waals surface area contributed by atoms with E-state index in [0.29, 0.717) is 37.2 Å². The van der Waals surface area contributed by atoms with Crippen LogP contribution in [0.2, 0.25) is 0 Å². The minimum atomic E-state index is -4.58. The molecule has 1 saturated heterocycles. The number of carbonyl (C=O) groups is 1. The molecule has 1 atom stereocenters. The molecule has 7 nitrogen and oxygen atoms in total. The molecule has 0 bridgehead atoms. The molecule has 1 unspecified atom stereocenters. The van der Waals surface area contributed by atoms with Gasteiger partial charge in [0.1, 0.15) is 11.9 Å². The lowest BCUT2D eigenvalue weighted by Crippen LogP contribution is -2.54. The Hall–Kier alpha value is -4.07. The van der Waals surface area contributed by atoms with Crippen LogP contribution in [0.25, 0.3) is 0 Å². The maximum atomic E-state index is 14.6. The topological polar surface area (TPSA) is 68.4 Å². The van der Waals surface area contributed by atoms with Crippen LogP contribution in [0.15, 0.2) is 48.7 Å². The first kappa shape index (κ1) is 26.5. The molecule has 0 aliphatic carbocycles. The lowest BCUT2D eigenvalue weighted by Gasteiger charge is -2.43. The predicted octanol–water partition coefficient (Wildman–Crippen LogP) is 6.05. The third kappa shape index (κ3) is 5.03. The number of carbonyl (C=O) groups excluding carboxylic acids is 1. The number of hydrogen-bond acceptors (Lipinski definition) is 4. The number of alkyl halides is 3. The van der Waals surface area contributed by atoms with Crippen LogP contribution in [0, 0.1) is 24.1 Å². The summed E-state index contributed by atoms with van der Waals surface area (Å²) in [5.41, 5.74) is 1.20. The number of hydrogen-bond donors (Lipinski definition) is 0. The number of aryl methyl sites for hydroxylation is 1. The molecular formula is C28H28F4N6O. The average molecular weight is 541 g/mol. The third-order valence-corrected chi connectivity index (χ3v) is 7.50. The molecule has 204 valence electrons. The van der Waals surface area contributed by atoms with E-state index in [4.69, 9.17) is 0 Å². The van der Waals surface area contributed by atoms with Gasteiger partial charge in [-0.1, -0.05) is 30.3 Å². The molecular weight excluding hydrogens is 512 g/mol. The molecule has 0 N–H and O–H groups in total. The molecule has 2 aliphatic heterocycles. The van der Waals surface area contributed by atoms with Crippen molar-refractivity contribution in [3.63, 3.8) is 0 Å². The second kappa shape index (κ2) is 10.2. The van der Waals surface area contributed by atoms with Gasteiger partial charge in [-0.3, -0.25) is 9.58 Å². The van der Waals surface area contributed by atoms with E-state index in [2.05, 4.69) is 11.2 Å². The van der Waals surface area contributed by atoms with Gasteiger partial charge in [0.25, 0.3) is 0 Å². The number of para-hydroxylation sites is 1.